The highest BCUT2D eigenvalue weighted by atomic mass is 79.9. The second-order valence-electron chi connectivity index (χ2n) is 5.71. The zero-order valence-corrected chi connectivity index (χ0v) is 15.6. The average molecular weight is 377 g/mol. The number of hydrogen-bond acceptors (Lipinski definition) is 4. The van der Waals surface area contributed by atoms with E-state index in [1.165, 1.54) is 6.42 Å². The van der Waals surface area contributed by atoms with E-state index in [4.69, 9.17) is 14.2 Å². The molecule has 0 saturated carbocycles. The minimum Gasteiger partial charge on any atom is -0.466 e. The second kappa shape index (κ2) is 11.2. The molecule has 0 bridgehead atoms. The molecular weight excluding hydrogens is 348 g/mol. The van der Waals surface area contributed by atoms with E-state index in [1.54, 1.807) is 0 Å². The van der Waals surface area contributed by atoms with Crippen molar-refractivity contribution in [1.29, 1.82) is 0 Å². The van der Waals surface area contributed by atoms with E-state index in [0.29, 0.717) is 6.61 Å². The van der Waals surface area contributed by atoms with Crippen molar-refractivity contribution in [3.8, 4) is 0 Å². The van der Waals surface area contributed by atoms with Gasteiger partial charge in [-0.05, 0) is 52.9 Å². The van der Waals surface area contributed by atoms with Crippen LogP contribution in [-0.2, 0) is 19.0 Å². The van der Waals surface area contributed by atoms with Gasteiger partial charge in [0.15, 0.2) is 6.29 Å². The van der Waals surface area contributed by atoms with Crippen LogP contribution in [0.3, 0.4) is 0 Å². The molecule has 0 aromatic heterocycles. The van der Waals surface area contributed by atoms with Gasteiger partial charge in [0.2, 0.25) is 0 Å². The third kappa shape index (κ3) is 7.25. The normalized spacial score (nSPS) is 22.2. The highest BCUT2D eigenvalue weighted by molar-refractivity contribution is 9.09. The summed E-state index contributed by atoms with van der Waals surface area (Å²) in [5.41, 5.74) is 1.06. The zero-order chi connectivity index (χ0) is 16.4. The Bertz CT molecular complexity index is 351. The van der Waals surface area contributed by atoms with Gasteiger partial charge < -0.3 is 14.2 Å². The van der Waals surface area contributed by atoms with Crippen molar-refractivity contribution in [2.24, 2.45) is 5.92 Å². The Hall–Kier alpha value is -0.390. The third-order valence-electron chi connectivity index (χ3n) is 3.93. The number of allylic oxidation sites excluding steroid dienone is 1. The number of rotatable bonds is 9. The zero-order valence-electron chi connectivity index (χ0n) is 14.0. The molecule has 1 rings (SSSR count). The maximum Gasteiger partial charge on any atom is 0.312 e. The number of carbonyl (C=O) groups is 1. The smallest absolute Gasteiger partial charge is 0.312 e. The summed E-state index contributed by atoms with van der Waals surface area (Å²) in [6, 6.07) is 0. The van der Waals surface area contributed by atoms with Crippen LogP contribution in [0.15, 0.2) is 11.6 Å². The fourth-order valence-electron chi connectivity index (χ4n) is 2.34. The Morgan fingerprint density at radius 2 is 2.23 bits per heavy atom. The maximum absolute atomic E-state index is 11.7. The molecule has 1 aliphatic rings. The predicted octanol–water partition coefficient (Wildman–Crippen LogP) is 4.22. The van der Waals surface area contributed by atoms with Crippen LogP contribution in [0.5, 0.6) is 0 Å². The molecule has 0 radical (unpaired) electrons. The van der Waals surface area contributed by atoms with Crippen molar-refractivity contribution in [2.75, 3.05) is 18.5 Å². The molecule has 0 spiro atoms. The lowest BCUT2D eigenvalue weighted by Gasteiger charge is -2.26. The van der Waals surface area contributed by atoms with Crippen molar-refractivity contribution >= 4 is 21.9 Å². The first-order chi connectivity index (χ1) is 10.6. The molecule has 5 heteroatoms. The summed E-state index contributed by atoms with van der Waals surface area (Å²) in [6.07, 6.45) is 7.30. The van der Waals surface area contributed by atoms with Crippen LogP contribution < -0.4 is 0 Å². The summed E-state index contributed by atoms with van der Waals surface area (Å²) in [5, 5.41) is 0.799. The first-order valence-electron chi connectivity index (χ1n) is 8.24. The van der Waals surface area contributed by atoms with Gasteiger partial charge in [0, 0.05) is 11.9 Å². The number of carbonyl (C=O) groups excluding carboxylic acids is 1. The minimum absolute atomic E-state index is 0.0557. The Kier molecular flexibility index (Phi) is 10.0. The van der Waals surface area contributed by atoms with Gasteiger partial charge in [-0.1, -0.05) is 27.6 Å². The molecule has 3 atom stereocenters. The van der Waals surface area contributed by atoms with Crippen LogP contribution in [0.4, 0.5) is 0 Å². The van der Waals surface area contributed by atoms with E-state index < -0.39 is 0 Å². The highest BCUT2D eigenvalue weighted by Crippen LogP contribution is 2.19. The summed E-state index contributed by atoms with van der Waals surface area (Å²) in [6.45, 7) is 6.93. The van der Waals surface area contributed by atoms with Crippen molar-refractivity contribution in [1.82, 2.24) is 0 Å². The molecular formula is C17H29BrO4. The van der Waals surface area contributed by atoms with Gasteiger partial charge >= 0.3 is 5.97 Å². The molecule has 0 N–H and O–H groups in total. The van der Waals surface area contributed by atoms with E-state index in [1.807, 2.05) is 20.8 Å². The lowest BCUT2D eigenvalue weighted by Crippen LogP contribution is -2.28. The molecule has 4 nitrogen and oxygen atoms in total. The van der Waals surface area contributed by atoms with Gasteiger partial charge in [-0.3, -0.25) is 4.79 Å². The summed E-state index contributed by atoms with van der Waals surface area (Å²) in [7, 11) is 0. The van der Waals surface area contributed by atoms with Gasteiger partial charge in [-0.25, -0.2) is 0 Å². The molecule has 1 fully saturated rings. The lowest BCUT2D eigenvalue weighted by atomic mass is 10.0. The second-order valence-corrected chi connectivity index (χ2v) is 6.36. The summed E-state index contributed by atoms with van der Waals surface area (Å²) in [5.74, 6) is -0.329. The van der Waals surface area contributed by atoms with E-state index in [-0.39, 0.29) is 24.3 Å². The van der Waals surface area contributed by atoms with Crippen LogP contribution in [-0.4, -0.2) is 36.9 Å². The standard InChI is InChI=1S/C17H29BrO4/c1-4-20-17(19)14(3)13(2)8-7-9-15(12-18)22-16-10-5-6-11-21-16/h8,14-16H,4-7,9-12H2,1-3H3/b13-8+. The minimum atomic E-state index is -0.176. The van der Waals surface area contributed by atoms with Crippen molar-refractivity contribution < 1.29 is 19.0 Å². The maximum atomic E-state index is 11.7. The van der Waals surface area contributed by atoms with E-state index in [9.17, 15) is 4.79 Å². The summed E-state index contributed by atoms with van der Waals surface area (Å²) >= 11 is 3.51. The van der Waals surface area contributed by atoms with Gasteiger partial charge in [-0.2, -0.15) is 0 Å². The fraction of sp³-hybridized carbons (Fsp3) is 0.824. The third-order valence-corrected chi connectivity index (χ3v) is 4.65. The topological polar surface area (TPSA) is 44.8 Å². The molecule has 0 aromatic carbocycles. The number of alkyl halides is 1. The Labute approximate surface area is 142 Å². The first-order valence-corrected chi connectivity index (χ1v) is 9.36. The Morgan fingerprint density at radius 3 is 2.82 bits per heavy atom. The quantitative estimate of drug-likeness (QED) is 0.343. The van der Waals surface area contributed by atoms with Gasteiger partial charge in [-0.15, -0.1) is 0 Å². The van der Waals surface area contributed by atoms with E-state index >= 15 is 0 Å². The van der Waals surface area contributed by atoms with E-state index in [2.05, 4.69) is 22.0 Å². The number of hydrogen-bond donors (Lipinski definition) is 0. The van der Waals surface area contributed by atoms with E-state index in [0.717, 1.165) is 43.2 Å². The van der Waals surface area contributed by atoms with Gasteiger partial charge in [0.05, 0.1) is 18.6 Å². The van der Waals surface area contributed by atoms with Crippen molar-refractivity contribution in [2.45, 2.75) is 65.3 Å². The molecule has 0 amide bonds. The molecule has 1 heterocycles. The van der Waals surface area contributed by atoms with Crippen LogP contribution in [0.1, 0.15) is 52.9 Å². The van der Waals surface area contributed by atoms with Crippen molar-refractivity contribution in [3.05, 3.63) is 11.6 Å². The van der Waals surface area contributed by atoms with Crippen LogP contribution >= 0.6 is 15.9 Å². The SMILES string of the molecule is CCOC(=O)C(C)/C(C)=C/CCC(CBr)OC1CCCCO1. The van der Waals surface area contributed by atoms with Crippen LogP contribution in [0.25, 0.3) is 0 Å². The summed E-state index contributed by atoms with van der Waals surface area (Å²) in [4.78, 5) is 11.7. The number of esters is 1. The van der Waals surface area contributed by atoms with Gasteiger partial charge in [0.25, 0.3) is 0 Å². The monoisotopic (exact) mass is 376 g/mol. The average Bonchev–Trinajstić information content (AvgIpc) is 2.54. The lowest BCUT2D eigenvalue weighted by molar-refractivity contribution is -0.183. The Morgan fingerprint density at radius 1 is 1.45 bits per heavy atom. The van der Waals surface area contributed by atoms with Crippen LogP contribution in [0.2, 0.25) is 0 Å². The Balaban J connectivity index is 2.35. The molecule has 1 saturated heterocycles. The fourth-order valence-corrected chi connectivity index (χ4v) is 2.82. The number of ether oxygens (including phenoxy) is 3. The van der Waals surface area contributed by atoms with Crippen LogP contribution in [0, 0.1) is 5.92 Å². The molecule has 0 aromatic rings. The molecule has 1 aliphatic heterocycles. The number of halogens is 1. The molecule has 128 valence electrons. The highest BCUT2D eigenvalue weighted by Gasteiger charge is 2.19. The molecule has 3 unspecified atom stereocenters. The largest absolute Gasteiger partial charge is 0.466 e. The van der Waals surface area contributed by atoms with Gasteiger partial charge in [0.1, 0.15) is 0 Å². The molecule has 0 aliphatic carbocycles. The molecule has 22 heavy (non-hydrogen) atoms. The summed E-state index contributed by atoms with van der Waals surface area (Å²) < 4.78 is 16.6. The van der Waals surface area contributed by atoms with Crippen molar-refractivity contribution in [3.63, 3.8) is 0 Å². The predicted molar refractivity (Wildman–Crippen MR) is 91.0 cm³/mol. The first kappa shape index (κ1) is 19.7.